The molecule has 0 N–H and O–H groups in total. The Balaban J connectivity index is -0.0000000417. The summed E-state index contributed by atoms with van der Waals surface area (Å²) in [5.41, 5.74) is 0. The van der Waals surface area contributed by atoms with E-state index in [0.29, 0.717) is 0 Å². The van der Waals surface area contributed by atoms with Gasteiger partial charge in [-0.15, -0.1) is 0 Å². The molecule has 0 amide bonds. The van der Waals surface area contributed by atoms with Gasteiger partial charge in [-0.2, -0.15) is 0 Å². The third-order valence-electron chi connectivity index (χ3n) is 0.960. The number of rotatable bonds is 2. The first kappa shape index (κ1) is 11.1. The monoisotopic (exact) mass is 176 g/mol. The summed E-state index contributed by atoms with van der Waals surface area (Å²) < 4.78 is 0. The summed E-state index contributed by atoms with van der Waals surface area (Å²) >= 11 is 3.37. The van der Waals surface area contributed by atoms with Crippen LogP contribution in [-0.2, 0) is 0 Å². The molecular weight excluding hydrogens is 164 g/mol. The molecule has 2 heteroatoms. The van der Waals surface area contributed by atoms with Crippen molar-refractivity contribution in [2.24, 2.45) is 5.92 Å². The zero-order valence-electron chi connectivity index (χ0n) is 7.08. The van der Waals surface area contributed by atoms with Crippen molar-refractivity contribution in [1.82, 2.24) is 0 Å². The second kappa shape index (κ2) is 7.25. The van der Waals surface area contributed by atoms with Crippen LogP contribution in [0.4, 0.5) is 0 Å². The van der Waals surface area contributed by atoms with Crippen molar-refractivity contribution in [3.05, 3.63) is 0 Å². The molecule has 0 aliphatic heterocycles. The fourth-order valence-corrected chi connectivity index (χ4v) is 0.567. The molecule has 0 aromatic heterocycles. The number of alkyl halides is 1. The van der Waals surface area contributed by atoms with Crippen LogP contribution >= 0.6 is 15.9 Å². The minimum Gasteiger partial charge on any atom is -1.00 e. The molecule has 0 heterocycles. The first-order chi connectivity index (χ1) is 2.81. The van der Waals surface area contributed by atoms with E-state index in [1.165, 1.54) is 6.42 Å². The van der Waals surface area contributed by atoms with Crippen LogP contribution in [0.15, 0.2) is 0 Å². The first-order valence-electron chi connectivity index (χ1n) is 2.37. The van der Waals surface area contributed by atoms with E-state index in [1.807, 2.05) is 0 Å². The van der Waals surface area contributed by atoms with E-state index < -0.39 is 0 Å². The summed E-state index contributed by atoms with van der Waals surface area (Å²) in [4.78, 5) is 0. The molecule has 0 aliphatic rings. The minimum atomic E-state index is 0. The van der Waals surface area contributed by atoms with Crippen molar-refractivity contribution in [2.45, 2.75) is 20.3 Å². The van der Waals surface area contributed by atoms with Gasteiger partial charge in [-0.05, 0) is 5.92 Å². The zero-order valence-corrected chi connectivity index (χ0v) is 8.08. The zero-order chi connectivity index (χ0) is 4.99. The van der Waals surface area contributed by atoms with E-state index in [0.717, 1.165) is 11.2 Å². The Morgan fingerprint density at radius 2 is 2.14 bits per heavy atom. The summed E-state index contributed by atoms with van der Waals surface area (Å²) in [5, 5.41) is 1.14. The third kappa shape index (κ3) is 7.25. The number of hydrogen-bond donors (Lipinski definition) is 0. The second-order valence-electron chi connectivity index (χ2n) is 1.67. The minimum absolute atomic E-state index is 0. The molecule has 0 aromatic carbocycles. The van der Waals surface area contributed by atoms with Crippen molar-refractivity contribution in [1.29, 1.82) is 0 Å². The van der Waals surface area contributed by atoms with E-state index >= 15 is 0 Å². The summed E-state index contributed by atoms with van der Waals surface area (Å²) in [5.74, 6) is 0.852. The maximum absolute atomic E-state index is 3.37. The summed E-state index contributed by atoms with van der Waals surface area (Å²) in [6, 6.07) is 0. The molecule has 0 spiro atoms. The third-order valence-corrected chi connectivity index (χ3v) is 2.07. The fourth-order valence-electron chi connectivity index (χ4n) is 0.109. The van der Waals surface area contributed by atoms with Gasteiger partial charge in [-0.25, -0.2) is 0 Å². The Kier molecular flexibility index (Phi) is 11.5. The van der Waals surface area contributed by atoms with Crippen molar-refractivity contribution in [3.8, 4) is 0 Å². The molecule has 42 valence electrons. The first-order valence-corrected chi connectivity index (χ1v) is 3.49. The van der Waals surface area contributed by atoms with Crippen molar-refractivity contribution >= 4 is 39.0 Å². The van der Waals surface area contributed by atoms with E-state index in [4.69, 9.17) is 0 Å². The Bertz CT molecular complexity index is 34.1. The molecule has 0 rings (SSSR count). The predicted molar refractivity (Wildman–Crippen MR) is 41.2 cm³/mol. The fraction of sp³-hybridized carbons (Fsp3) is 1.00. The molecule has 0 fully saturated rings. The molecule has 0 aromatic rings. The van der Waals surface area contributed by atoms with Crippen LogP contribution in [-0.4, -0.2) is 28.4 Å². The average molecular weight is 177 g/mol. The largest absolute Gasteiger partial charge is 2.00 e. The molecule has 0 radical (unpaired) electrons. The van der Waals surface area contributed by atoms with Crippen LogP contribution in [0.2, 0.25) is 0 Å². The standard InChI is InChI=1S/C5H11Br.Mg.2H/c1-3-5(2)4-6;;;/h5H,3-4H2,1-2H3;;;/q;+2;2*-1/t5-;;;/m0.../s1. The smallest absolute Gasteiger partial charge is 1.00 e. The van der Waals surface area contributed by atoms with Gasteiger partial charge in [0.1, 0.15) is 0 Å². The van der Waals surface area contributed by atoms with E-state index in [1.54, 1.807) is 0 Å². The van der Waals surface area contributed by atoms with Gasteiger partial charge in [-0.1, -0.05) is 36.2 Å². The Morgan fingerprint density at radius 1 is 1.71 bits per heavy atom. The van der Waals surface area contributed by atoms with Crippen LogP contribution in [0.1, 0.15) is 23.1 Å². The predicted octanol–water partition coefficient (Wildman–Crippen LogP) is 2.27. The SMILES string of the molecule is CC[C@H](C)CBr.[H-].[H-].[Mg+2]. The molecule has 7 heavy (non-hydrogen) atoms. The molecule has 0 bridgehead atoms. The number of halogens is 1. The van der Waals surface area contributed by atoms with Crippen LogP contribution in [0.25, 0.3) is 0 Å². The topological polar surface area (TPSA) is 0 Å². The average Bonchev–Trinajstić information content (AvgIpc) is 1.65. The van der Waals surface area contributed by atoms with Crippen LogP contribution in [0.3, 0.4) is 0 Å². The van der Waals surface area contributed by atoms with Gasteiger partial charge in [0.2, 0.25) is 0 Å². The van der Waals surface area contributed by atoms with Gasteiger partial charge < -0.3 is 2.85 Å². The van der Waals surface area contributed by atoms with Gasteiger partial charge in [0.15, 0.2) is 0 Å². The number of hydrogen-bond acceptors (Lipinski definition) is 0. The van der Waals surface area contributed by atoms with Crippen molar-refractivity contribution in [2.75, 3.05) is 5.33 Å². The quantitative estimate of drug-likeness (QED) is 0.448. The second-order valence-corrected chi connectivity index (χ2v) is 2.32. The maximum Gasteiger partial charge on any atom is 2.00 e. The van der Waals surface area contributed by atoms with Crippen LogP contribution in [0.5, 0.6) is 0 Å². The van der Waals surface area contributed by atoms with Gasteiger partial charge in [0, 0.05) is 5.33 Å². The van der Waals surface area contributed by atoms with Crippen molar-refractivity contribution < 1.29 is 2.85 Å². The van der Waals surface area contributed by atoms with E-state index in [-0.39, 0.29) is 25.9 Å². The molecule has 1 atom stereocenters. The summed E-state index contributed by atoms with van der Waals surface area (Å²) in [7, 11) is 0. The molecule has 0 aliphatic carbocycles. The van der Waals surface area contributed by atoms with Gasteiger partial charge in [-0.3, -0.25) is 0 Å². The van der Waals surface area contributed by atoms with E-state index in [9.17, 15) is 0 Å². The van der Waals surface area contributed by atoms with Crippen LogP contribution < -0.4 is 0 Å². The van der Waals surface area contributed by atoms with Gasteiger partial charge in [0.25, 0.3) is 0 Å². The Hall–Kier alpha value is 1.25. The molecule has 0 saturated heterocycles. The Morgan fingerprint density at radius 3 is 2.14 bits per heavy atom. The van der Waals surface area contributed by atoms with Crippen molar-refractivity contribution in [3.63, 3.8) is 0 Å². The van der Waals surface area contributed by atoms with Gasteiger partial charge in [0.05, 0.1) is 0 Å². The summed E-state index contributed by atoms with van der Waals surface area (Å²) in [6.07, 6.45) is 1.28. The molecule has 0 saturated carbocycles. The van der Waals surface area contributed by atoms with E-state index in [2.05, 4.69) is 29.8 Å². The molecule has 0 unspecified atom stereocenters. The molecular formula is C5H13BrMg. The summed E-state index contributed by atoms with van der Waals surface area (Å²) in [6.45, 7) is 4.43. The maximum atomic E-state index is 3.37. The van der Waals surface area contributed by atoms with Crippen LogP contribution in [0, 0.1) is 5.92 Å². The van der Waals surface area contributed by atoms with Gasteiger partial charge >= 0.3 is 23.1 Å². The normalized spacial score (nSPS) is 12.4. The molecule has 0 nitrogen and oxygen atoms in total. The Labute approximate surface area is 73.3 Å².